The summed E-state index contributed by atoms with van der Waals surface area (Å²) >= 11 is 0. The quantitative estimate of drug-likeness (QED) is 0.737. The van der Waals surface area contributed by atoms with Gasteiger partial charge in [-0.15, -0.1) is 0 Å². The molecule has 1 unspecified atom stereocenters. The number of esters is 1. The third kappa shape index (κ3) is 3.80. The van der Waals surface area contributed by atoms with Gasteiger partial charge >= 0.3 is 5.97 Å². The van der Waals surface area contributed by atoms with Crippen LogP contribution in [0.15, 0.2) is 24.5 Å². The first-order chi connectivity index (χ1) is 7.97. The van der Waals surface area contributed by atoms with E-state index >= 15 is 0 Å². The second-order valence-corrected chi connectivity index (χ2v) is 4.15. The topological polar surface area (TPSA) is 71.5 Å². The van der Waals surface area contributed by atoms with E-state index in [4.69, 9.17) is 0 Å². The molecule has 1 heterocycles. The van der Waals surface area contributed by atoms with Gasteiger partial charge < -0.3 is 15.2 Å². The minimum absolute atomic E-state index is 0.000156. The third-order valence-corrected chi connectivity index (χ3v) is 2.56. The number of methoxy groups -OCH3 is 1. The molecule has 0 bridgehead atoms. The number of aromatic nitrogens is 1. The Bertz CT molecular complexity index is 365. The molecule has 5 heteroatoms. The number of nitrogens with one attached hydrogen (secondary N) is 1. The number of nitrogens with zero attached hydrogens (tertiary/aromatic N) is 1. The Morgan fingerprint density at radius 1 is 1.71 bits per heavy atom. The van der Waals surface area contributed by atoms with E-state index in [1.54, 1.807) is 12.4 Å². The second-order valence-electron chi connectivity index (χ2n) is 4.15. The van der Waals surface area contributed by atoms with Crippen LogP contribution in [0.5, 0.6) is 0 Å². The first-order valence-corrected chi connectivity index (χ1v) is 5.41. The molecule has 0 saturated heterocycles. The van der Waals surface area contributed by atoms with Gasteiger partial charge in [-0.2, -0.15) is 0 Å². The predicted octanol–water partition coefficient (Wildman–Crippen LogP) is 0.656. The van der Waals surface area contributed by atoms with Gasteiger partial charge in [-0.3, -0.25) is 4.98 Å². The number of carbonyl (C=O) groups excluding carboxylic acids is 1. The van der Waals surface area contributed by atoms with Gasteiger partial charge in [-0.1, -0.05) is 6.07 Å². The van der Waals surface area contributed by atoms with Crippen LogP contribution in [0.1, 0.15) is 25.5 Å². The maximum atomic E-state index is 11.3. The fourth-order valence-corrected chi connectivity index (χ4v) is 1.39. The number of hydrogen-bond donors (Lipinski definition) is 2. The lowest BCUT2D eigenvalue weighted by Gasteiger charge is -2.23. The van der Waals surface area contributed by atoms with Crippen LogP contribution in [0, 0.1) is 0 Å². The summed E-state index contributed by atoms with van der Waals surface area (Å²) in [5.74, 6) is -0.650. The Balaban J connectivity index is 2.54. The van der Waals surface area contributed by atoms with Crippen LogP contribution in [0.2, 0.25) is 0 Å². The molecule has 0 aliphatic carbocycles. The van der Waals surface area contributed by atoms with Crippen molar-refractivity contribution in [3.63, 3.8) is 0 Å². The lowest BCUT2D eigenvalue weighted by atomic mass is 10.1. The lowest BCUT2D eigenvalue weighted by molar-refractivity contribution is -0.160. The number of ether oxygens (including phenoxy) is 1. The minimum atomic E-state index is -1.52. The molecule has 0 radical (unpaired) electrons. The van der Waals surface area contributed by atoms with Gasteiger partial charge in [0.05, 0.1) is 7.11 Å². The zero-order valence-corrected chi connectivity index (χ0v) is 10.3. The number of pyridine rings is 1. The minimum Gasteiger partial charge on any atom is -0.467 e. The normalized spacial score (nSPS) is 16.0. The van der Waals surface area contributed by atoms with Crippen molar-refractivity contribution in [1.29, 1.82) is 0 Å². The molecule has 1 aromatic heterocycles. The standard InChI is InChI=1S/C12H18N2O3/c1-9(10-5-4-6-13-7-10)14-8-12(2,16)11(15)17-3/h4-7,9,14,16H,8H2,1-3H3/t9-,12?/m1/s1. The molecule has 0 spiro atoms. The molecular formula is C12H18N2O3. The fraction of sp³-hybridized carbons (Fsp3) is 0.500. The van der Waals surface area contributed by atoms with E-state index in [0.717, 1.165) is 5.56 Å². The average Bonchev–Trinajstić information content (AvgIpc) is 2.36. The first kappa shape index (κ1) is 13.6. The highest BCUT2D eigenvalue weighted by molar-refractivity contribution is 5.78. The molecule has 1 aromatic rings. The monoisotopic (exact) mass is 238 g/mol. The van der Waals surface area contributed by atoms with E-state index in [-0.39, 0.29) is 12.6 Å². The van der Waals surface area contributed by atoms with Crippen LogP contribution in [-0.2, 0) is 9.53 Å². The third-order valence-electron chi connectivity index (χ3n) is 2.56. The van der Waals surface area contributed by atoms with Crippen molar-refractivity contribution in [3.8, 4) is 0 Å². The van der Waals surface area contributed by atoms with Gasteiger partial charge in [0, 0.05) is 25.0 Å². The van der Waals surface area contributed by atoms with Crippen LogP contribution in [0.4, 0.5) is 0 Å². The molecule has 1 rings (SSSR count). The Hall–Kier alpha value is -1.46. The van der Waals surface area contributed by atoms with Crippen LogP contribution >= 0.6 is 0 Å². The van der Waals surface area contributed by atoms with Gasteiger partial charge in [0.2, 0.25) is 0 Å². The smallest absolute Gasteiger partial charge is 0.338 e. The number of rotatable bonds is 5. The maximum absolute atomic E-state index is 11.3. The van der Waals surface area contributed by atoms with Crippen molar-refractivity contribution in [2.45, 2.75) is 25.5 Å². The Morgan fingerprint density at radius 2 is 2.41 bits per heavy atom. The highest BCUT2D eigenvalue weighted by Crippen LogP contribution is 2.12. The van der Waals surface area contributed by atoms with E-state index in [9.17, 15) is 9.90 Å². The van der Waals surface area contributed by atoms with Crippen LogP contribution in [0.3, 0.4) is 0 Å². The van der Waals surface area contributed by atoms with Gasteiger partial charge in [-0.05, 0) is 25.5 Å². The largest absolute Gasteiger partial charge is 0.467 e. The van der Waals surface area contributed by atoms with Crippen molar-refractivity contribution in [2.75, 3.05) is 13.7 Å². The van der Waals surface area contributed by atoms with E-state index in [0.29, 0.717) is 0 Å². The SMILES string of the molecule is COC(=O)C(C)(O)CN[C@H](C)c1cccnc1. The maximum Gasteiger partial charge on any atom is 0.338 e. The van der Waals surface area contributed by atoms with Crippen LogP contribution in [0.25, 0.3) is 0 Å². The summed E-state index contributed by atoms with van der Waals surface area (Å²) in [4.78, 5) is 15.3. The molecule has 17 heavy (non-hydrogen) atoms. The van der Waals surface area contributed by atoms with Gasteiger partial charge in [0.15, 0.2) is 5.60 Å². The predicted molar refractivity (Wildman–Crippen MR) is 63.3 cm³/mol. The summed E-state index contributed by atoms with van der Waals surface area (Å²) in [7, 11) is 1.25. The molecule has 2 N–H and O–H groups in total. The molecule has 2 atom stereocenters. The summed E-state index contributed by atoms with van der Waals surface area (Å²) in [6, 6.07) is 3.77. The summed E-state index contributed by atoms with van der Waals surface area (Å²) < 4.78 is 4.51. The van der Waals surface area contributed by atoms with Gasteiger partial charge in [0.25, 0.3) is 0 Å². The van der Waals surface area contributed by atoms with Crippen molar-refractivity contribution < 1.29 is 14.6 Å². The first-order valence-electron chi connectivity index (χ1n) is 5.41. The Morgan fingerprint density at radius 3 is 2.94 bits per heavy atom. The van der Waals surface area contributed by atoms with E-state index in [1.807, 2.05) is 19.1 Å². The van der Waals surface area contributed by atoms with Gasteiger partial charge in [0.1, 0.15) is 0 Å². The van der Waals surface area contributed by atoms with E-state index in [1.165, 1.54) is 14.0 Å². The molecule has 0 aromatic carbocycles. The molecule has 0 fully saturated rings. The number of hydrogen-bond acceptors (Lipinski definition) is 5. The zero-order valence-electron chi connectivity index (χ0n) is 10.3. The second kappa shape index (κ2) is 5.75. The van der Waals surface area contributed by atoms with Gasteiger partial charge in [-0.25, -0.2) is 4.79 Å². The zero-order chi connectivity index (χ0) is 12.9. The summed E-state index contributed by atoms with van der Waals surface area (Å²) in [6.07, 6.45) is 3.44. The highest BCUT2D eigenvalue weighted by Gasteiger charge is 2.31. The van der Waals surface area contributed by atoms with Crippen molar-refractivity contribution >= 4 is 5.97 Å². The van der Waals surface area contributed by atoms with Crippen LogP contribution < -0.4 is 5.32 Å². The molecule has 0 saturated carbocycles. The highest BCUT2D eigenvalue weighted by atomic mass is 16.5. The number of aliphatic hydroxyl groups is 1. The van der Waals surface area contributed by atoms with Crippen LogP contribution in [-0.4, -0.2) is 35.3 Å². The fourth-order valence-electron chi connectivity index (χ4n) is 1.39. The van der Waals surface area contributed by atoms with E-state index < -0.39 is 11.6 Å². The molecule has 0 amide bonds. The molecule has 94 valence electrons. The molecule has 0 aliphatic heterocycles. The Labute approximate surface area is 101 Å². The average molecular weight is 238 g/mol. The van der Waals surface area contributed by atoms with Crippen molar-refractivity contribution in [1.82, 2.24) is 10.3 Å². The van der Waals surface area contributed by atoms with Crippen molar-refractivity contribution in [2.24, 2.45) is 0 Å². The Kier molecular flexibility index (Phi) is 4.60. The number of carbonyl (C=O) groups is 1. The summed E-state index contributed by atoms with van der Waals surface area (Å²) in [5, 5.41) is 12.9. The van der Waals surface area contributed by atoms with E-state index in [2.05, 4.69) is 15.0 Å². The lowest BCUT2D eigenvalue weighted by Crippen LogP contribution is -2.46. The molecular weight excluding hydrogens is 220 g/mol. The molecule has 0 aliphatic rings. The summed E-state index contributed by atoms with van der Waals surface area (Å²) in [5.41, 5.74) is -0.529. The van der Waals surface area contributed by atoms with Crippen molar-refractivity contribution in [3.05, 3.63) is 30.1 Å². The summed E-state index contributed by atoms with van der Waals surface area (Å²) in [6.45, 7) is 3.47. The molecule has 5 nitrogen and oxygen atoms in total.